The van der Waals surface area contributed by atoms with Gasteiger partial charge < -0.3 is 14.6 Å². The van der Waals surface area contributed by atoms with Crippen LogP contribution in [-0.2, 0) is 24.4 Å². The van der Waals surface area contributed by atoms with Gasteiger partial charge in [0.2, 0.25) is 0 Å². The van der Waals surface area contributed by atoms with E-state index in [-0.39, 0.29) is 24.1 Å². The number of aromatic nitrogens is 3. The van der Waals surface area contributed by atoms with Gasteiger partial charge in [0, 0.05) is 25.4 Å². The van der Waals surface area contributed by atoms with E-state index in [4.69, 9.17) is 4.74 Å². The molecule has 164 valence electrons. The number of benzene rings is 2. The summed E-state index contributed by atoms with van der Waals surface area (Å²) in [6.07, 6.45) is 0. The highest BCUT2D eigenvalue weighted by Gasteiger charge is 2.21. The maximum absolute atomic E-state index is 13.0. The molecule has 32 heavy (non-hydrogen) atoms. The van der Waals surface area contributed by atoms with Crippen LogP contribution in [0.4, 0.5) is 0 Å². The van der Waals surface area contributed by atoms with Gasteiger partial charge in [-0.25, -0.2) is 4.63 Å². The zero-order valence-electron chi connectivity index (χ0n) is 18.2. The average molecular weight is 432 g/mol. The largest absolute Gasteiger partial charge is 0.378 e. The molecule has 1 N–H and O–H groups in total. The highest BCUT2D eigenvalue weighted by molar-refractivity contribution is 5.95. The number of fused-ring (bicyclic) bond motifs is 1. The number of hydrogen-bond acceptors (Lipinski definition) is 6. The van der Waals surface area contributed by atoms with E-state index in [1.54, 1.807) is 14.0 Å². The van der Waals surface area contributed by atoms with Crippen LogP contribution < -0.4 is 10.7 Å². The molecule has 0 bridgehead atoms. The quantitative estimate of drug-likeness (QED) is 0.482. The van der Waals surface area contributed by atoms with E-state index >= 15 is 0 Å². The fourth-order valence-corrected chi connectivity index (χ4v) is 3.84. The zero-order valence-corrected chi connectivity index (χ0v) is 18.2. The summed E-state index contributed by atoms with van der Waals surface area (Å²) in [7, 11) is 1.54. The number of ether oxygens (including phenoxy) is 1. The first-order valence-corrected chi connectivity index (χ1v) is 10.2. The summed E-state index contributed by atoms with van der Waals surface area (Å²) in [5, 5.41) is 12.5. The molecule has 0 unspecified atom stereocenters. The second kappa shape index (κ2) is 9.15. The van der Waals surface area contributed by atoms with Gasteiger partial charge in [-0.15, -0.1) is 0 Å². The molecule has 1 amide bonds. The molecule has 0 spiro atoms. The first kappa shape index (κ1) is 21.5. The third-order valence-electron chi connectivity index (χ3n) is 5.51. The van der Waals surface area contributed by atoms with E-state index in [0.717, 1.165) is 22.0 Å². The van der Waals surface area contributed by atoms with Crippen molar-refractivity contribution < 1.29 is 14.2 Å². The first-order valence-electron chi connectivity index (χ1n) is 10.2. The molecule has 0 aliphatic heterocycles. The second-order valence-corrected chi connectivity index (χ2v) is 7.61. The Balaban J connectivity index is 1.75. The highest BCUT2D eigenvalue weighted by atomic mass is 16.6. The minimum absolute atomic E-state index is 0.0618. The summed E-state index contributed by atoms with van der Waals surface area (Å²) in [5.74, 6) is -0.490. The van der Waals surface area contributed by atoms with Crippen LogP contribution >= 0.6 is 0 Å². The normalized spacial score (nSPS) is 11.1. The average Bonchev–Trinajstić information content (AvgIpc) is 3.19. The topological polar surface area (TPSA) is 99.2 Å². The molecule has 2 aromatic heterocycles. The fourth-order valence-electron chi connectivity index (χ4n) is 3.84. The van der Waals surface area contributed by atoms with Gasteiger partial charge in [-0.1, -0.05) is 52.8 Å². The minimum atomic E-state index is -0.490. The van der Waals surface area contributed by atoms with Crippen molar-refractivity contribution in [1.29, 1.82) is 0 Å². The molecule has 0 saturated heterocycles. The van der Waals surface area contributed by atoms with Crippen molar-refractivity contribution in [2.24, 2.45) is 0 Å². The van der Waals surface area contributed by atoms with Crippen LogP contribution in [0.2, 0.25) is 0 Å². The Morgan fingerprint density at radius 1 is 1.12 bits per heavy atom. The van der Waals surface area contributed by atoms with E-state index < -0.39 is 5.91 Å². The lowest BCUT2D eigenvalue weighted by molar-refractivity contribution is 0.0941. The molecule has 2 aromatic carbocycles. The molecule has 0 aliphatic carbocycles. The third kappa shape index (κ3) is 4.17. The monoisotopic (exact) mass is 432 g/mol. The molecule has 2 heterocycles. The van der Waals surface area contributed by atoms with Crippen LogP contribution in [0.25, 0.3) is 10.8 Å². The van der Waals surface area contributed by atoms with Crippen LogP contribution in [0.3, 0.4) is 0 Å². The van der Waals surface area contributed by atoms with E-state index in [2.05, 4.69) is 44.5 Å². The van der Waals surface area contributed by atoms with Gasteiger partial charge in [-0.2, -0.15) is 0 Å². The molecule has 8 heteroatoms. The van der Waals surface area contributed by atoms with Gasteiger partial charge in [0.15, 0.2) is 5.43 Å². The minimum Gasteiger partial charge on any atom is -0.378 e. The third-order valence-corrected chi connectivity index (χ3v) is 5.51. The van der Waals surface area contributed by atoms with Crippen molar-refractivity contribution in [3.05, 3.63) is 92.7 Å². The Hall–Kier alpha value is -3.78. The molecule has 4 aromatic rings. The summed E-state index contributed by atoms with van der Waals surface area (Å²) in [5.41, 5.74) is 3.17. The van der Waals surface area contributed by atoms with Gasteiger partial charge in [0.1, 0.15) is 17.0 Å². The Morgan fingerprint density at radius 2 is 1.91 bits per heavy atom. The Bertz CT molecular complexity index is 1330. The fraction of sp³-hybridized carbons (Fsp3) is 0.250. The lowest BCUT2D eigenvalue weighted by atomic mass is 10.0. The number of pyridine rings is 1. The van der Waals surface area contributed by atoms with Crippen LogP contribution in [0.5, 0.6) is 0 Å². The van der Waals surface area contributed by atoms with Crippen molar-refractivity contribution in [2.45, 2.75) is 33.5 Å². The molecule has 0 aliphatic rings. The van der Waals surface area contributed by atoms with Gasteiger partial charge >= 0.3 is 0 Å². The molecule has 4 rings (SSSR count). The number of rotatable bonds is 7. The summed E-state index contributed by atoms with van der Waals surface area (Å²) < 4.78 is 12.0. The molecule has 8 nitrogen and oxygen atoms in total. The molecule has 0 saturated carbocycles. The predicted octanol–water partition coefficient (Wildman–Crippen LogP) is 3.13. The number of carbonyl (C=O) groups is 1. The van der Waals surface area contributed by atoms with Gasteiger partial charge in [-0.05, 0) is 30.2 Å². The number of carbonyl (C=O) groups excluding carboxylic acids is 1. The van der Waals surface area contributed by atoms with Crippen molar-refractivity contribution in [3.63, 3.8) is 0 Å². The zero-order chi connectivity index (χ0) is 22.7. The molecular weight excluding hydrogens is 408 g/mol. The number of aryl methyl sites for hydroxylation is 2. The number of amides is 1. The van der Waals surface area contributed by atoms with E-state index in [9.17, 15) is 9.59 Å². The summed E-state index contributed by atoms with van der Waals surface area (Å²) in [6, 6.07) is 15.7. The Labute approximate surface area is 184 Å². The van der Waals surface area contributed by atoms with Crippen molar-refractivity contribution >= 4 is 16.7 Å². The number of hydrogen-bond donors (Lipinski definition) is 1. The maximum atomic E-state index is 13.0. The van der Waals surface area contributed by atoms with Gasteiger partial charge in [-0.3, -0.25) is 9.59 Å². The molecule has 0 atom stereocenters. The molecular formula is C24H24N4O4. The van der Waals surface area contributed by atoms with Crippen LogP contribution in [0.1, 0.15) is 38.7 Å². The van der Waals surface area contributed by atoms with Crippen LogP contribution in [0.15, 0.2) is 58.0 Å². The Kier molecular flexibility index (Phi) is 6.13. The lowest BCUT2D eigenvalue weighted by Gasteiger charge is -2.20. The van der Waals surface area contributed by atoms with Crippen molar-refractivity contribution in [1.82, 2.24) is 20.2 Å². The van der Waals surface area contributed by atoms with E-state index in [1.165, 1.54) is 6.07 Å². The standard InChI is InChI=1S/C24H24N4O4/c1-15-11-22(29)23(24(30)25-12-20-16(2)26-32-27-20)21(14-31-3)28(15)13-18-9-6-8-17-7-4-5-10-19(17)18/h4-11H,12-14H2,1-3H3,(H,25,30). The van der Waals surface area contributed by atoms with Gasteiger partial charge in [0.05, 0.1) is 18.8 Å². The highest BCUT2D eigenvalue weighted by Crippen LogP contribution is 2.21. The van der Waals surface area contributed by atoms with E-state index in [1.807, 2.05) is 29.7 Å². The lowest BCUT2D eigenvalue weighted by Crippen LogP contribution is -2.33. The first-order chi connectivity index (χ1) is 15.5. The summed E-state index contributed by atoms with van der Waals surface area (Å²) in [4.78, 5) is 25.9. The second-order valence-electron chi connectivity index (χ2n) is 7.61. The molecule has 0 radical (unpaired) electrons. The summed E-state index contributed by atoms with van der Waals surface area (Å²) in [6.45, 7) is 4.32. The van der Waals surface area contributed by atoms with Crippen LogP contribution in [-0.4, -0.2) is 27.9 Å². The number of nitrogens with zero attached hydrogens (tertiary/aromatic N) is 3. The Morgan fingerprint density at radius 3 is 2.66 bits per heavy atom. The maximum Gasteiger partial charge on any atom is 0.257 e. The van der Waals surface area contributed by atoms with E-state index in [0.29, 0.717) is 23.6 Å². The van der Waals surface area contributed by atoms with Crippen LogP contribution in [0, 0.1) is 13.8 Å². The SMILES string of the molecule is COCc1c(C(=O)NCc2nonc2C)c(=O)cc(C)n1Cc1cccc2ccccc12. The molecule has 0 fully saturated rings. The van der Waals surface area contributed by atoms with Gasteiger partial charge in [0.25, 0.3) is 5.91 Å². The smallest absolute Gasteiger partial charge is 0.257 e. The van der Waals surface area contributed by atoms with Crippen molar-refractivity contribution in [2.75, 3.05) is 7.11 Å². The predicted molar refractivity (Wildman–Crippen MR) is 119 cm³/mol. The van der Waals surface area contributed by atoms with Crippen molar-refractivity contribution in [3.8, 4) is 0 Å². The number of methoxy groups -OCH3 is 1. The summed E-state index contributed by atoms with van der Waals surface area (Å²) >= 11 is 0. The number of nitrogens with one attached hydrogen (secondary N) is 1.